The van der Waals surface area contributed by atoms with Crippen molar-refractivity contribution in [3.63, 3.8) is 0 Å². The average Bonchev–Trinajstić information content (AvgIpc) is 2.53. The van der Waals surface area contributed by atoms with Gasteiger partial charge in [-0.2, -0.15) is 11.8 Å². The van der Waals surface area contributed by atoms with Gasteiger partial charge in [0, 0.05) is 54.8 Å². The number of carboxylic acids is 3. The fourth-order valence-corrected chi connectivity index (χ4v) is 1.49. The molecule has 0 aromatic rings. The van der Waals surface area contributed by atoms with Crippen molar-refractivity contribution in [1.82, 2.24) is 0 Å². The molecule has 0 aromatic heterocycles. The SMILES string of the molecule is CSCC[C@H](N)C(=O)O.NCC(=O)O.NCCCC[C@H](N)C(=O)O.[Ca].[Cu]. The number of unbranched alkanes of at least 4 members (excludes halogenated alkanes) is 1. The largest absolute Gasteiger partial charge is 0.480 e. The maximum atomic E-state index is 10.1. The molecule has 157 valence electrons. The van der Waals surface area contributed by atoms with E-state index in [1.54, 1.807) is 11.8 Å². The van der Waals surface area contributed by atoms with Crippen molar-refractivity contribution in [2.75, 3.05) is 25.1 Å². The van der Waals surface area contributed by atoms with Crippen LogP contribution >= 0.6 is 11.8 Å². The van der Waals surface area contributed by atoms with Gasteiger partial charge in [0.05, 0.1) is 6.54 Å². The van der Waals surface area contributed by atoms with Gasteiger partial charge in [0.2, 0.25) is 0 Å². The number of hydrogen-bond acceptors (Lipinski definition) is 8. The summed E-state index contributed by atoms with van der Waals surface area (Å²) >= 11 is 1.60. The van der Waals surface area contributed by atoms with Gasteiger partial charge in [0.15, 0.2) is 0 Å². The average molecular weight is 474 g/mol. The zero-order chi connectivity index (χ0) is 19.5. The smallest absolute Gasteiger partial charge is 0.320 e. The molecule has 0 aliphatic carbocycles. The summed E-state index contributed by atoms with van der Waals surface area (Å²) in [5.74, 6) is -2.00. The molecule has 0 saturated carbocycles. The number of thioether (sulfide) groups is 1. The van der Waals surface area contributed by atoms with E-state index in [1.807, 2.05) is 6.26 Å². The summed E-state index contributed by atoms with van der Waals surface area (Å²) in [5, 5.41) is 24.2. The van der Waals surface area contributed by atoms with Crippen molar-refractivity contribution < 1.29 is 46.8 Å². The molecule has 0 rings (SSSR count). The van der Waals surface area contributed by atoms with E-state index < -0.39 is 30.0 Å². The Hall–Kier alpha value is 0.379. The first-order valence-electron chi connectivity index (χ1n) is 7.21. The molecule has 0 aliphatic rings. The van der Waals surface area contributed by atoms with Gasteiger partial charge in [-0.05, 0) is 37.8 Å². The zero-order valence-corrected chi connectivity index (χ0v) is 18.9. The van der Waals surface area contributed by atoms with Crippen LogP contribution in [0.1, 0.15) is 25.7 Å². The normalized spacial score (nSPS) is 11.0. The third-order valence-electron chi connectivity index (χ3n) is 2.41. The quantitative estimate of drug-likeness (QED) is 0.140. The minimum Gasteiger partial charge on any atom is -0.480 e. The summed E-state index contributed by atoms with van der Waals surface area (Å²) in [6.07, 6.45) is 4.64. The second kappa shape index (κ2) is 27.6. The van der Waals surface area contributed by atoms with Crippen LogP contribution in [-0.2, 0) is 31.5 Å². The number of carboxylic acid groups (broad SMARTS) is 3. The zero-order valence-electron chi connectivity index (χ0n) is 14.9. The summed E-state index contributed by atoms with van der Waals surface area (Å²) in [6.45, 7) is 0.326. The van der Waals surface area contributed by atoms with Crippen molar-refractivity contribution in [3.05, 3.63) is 0 Å². The van der Waals surface area contributed by atoms with Gasteiger partial charge < -0.3 is 38.3 Å². The maximum absolute atomic E-state index is 10.1. The van der Waals surface area contributed by atoms with Crippen LogP contribution in [0.5, 0.6) is 0 Å². The van der Waals surface area contributed by atoms with Crippen molar-refractivity contribution >= 4 is 67.4 Å². The molecule has 10 nitrogen and oxygen atoms in total. The summed E-state index contributed by atoms with van der Waals surface area (Å²) in [6, 6.07) is -1.40. The predicted octanol–water partition coefficient (Wildman–Crippen LogP) is -1.67. The van der Waals surface area contributed by atoms with E-state index in [0.717, 1.165) is 18.6 Å². The van der Waals surface area contributed by atoms with Crippen LogP contribution in [-0.4, -0.2) is 108 Å². The number of aliphatic carboxylic acids is 3. The minimum atomic E-state index is -0.968. The van der Waals surface area contributed by atoms with E-state index in [1.165, 1.54) is 0 Å². The number of nitrogens with two attached hydrogens (primary N) is 4. The summed E-state index contributed by atoms with van der Waals surface area (Å²) in [5.41, 5.74) is 20.2. The topological polar surface area (TPSA) is 216 Å². The standard InChI is InChI=1S/C6H14N2O2.C5H11NO2S.C2H5NO2.Ca.Cu/c7-4-2-1-3-5(8)6(9)10;1-9-3-2-4(6)5(7)8;3-1-2(4)5;;/h5H,1-4,7-8H2,(H,9,10);4H,2-3,6H2,1H3,(H,7,8);1,3H2,(H,4,5);;/t5-;4-;;;/m00.../s1. The van der Waals surface area contributed by atoms with Crippen LogP contribution < -0.4 is 22.9 Å². The van der Waals surface area contributed by atoms with E-state index >= 15 is 0 Å². The molecule has 2 atom stereocenters. The third kappa shape index (κ3) is 35.5. The molecule has 26 heavy (non-hydrogen) atoms. The molecule has 0 unspecified atom stereocenters. The molecule has 0 fully saturated rings. The van der Waals surface area contributed by atoms with E-state index in [-0.39, 0.29) is 61.4 Å². The molecule has 0 heterocycles. The van der Waals surface area contributed by atoms with Gasteiger partial charge in [-0.3, -0.25) is 14.4 Å². The van der Waals surface area contributed by atoms with Crippen LogP contribution in [0.2, 0.25) is 0 Å². The molecule has 13 heteroatoms. The number of hydrogen-bond donors (Lipinski definition) is 7. The van der Waals surface area contributed by atoms with E-state index in [0.29, 0.717) is 19.4 Å². The fourth-order valence-electron chi connectivity index (χ4n) is 1.00. The predicted molar refractivity (Wildman–Crippen MR) is 99.6 cm³/mol. The summed E-state index contributed by atoms with van der Waals surface area (Å²) in [4.78, 5) is 29.5. The molecule has 0 aromatic carbocycles. The van der Waals surface area contributed by atoms with Gasteiger partial charge in [0.25, 0.3) is 0 Å². The van der Waals surface area contributed by atoms with Gasteiger partial charge in [-0.15, -0.1) is 0 Å². The maximum Gasteiger partial charge on any atom is 0.320 e. The first-order valence-corrected chi connectivity index (χ1v) is 8.60. The van der Waals surface area contributed by atoms with Crippen LogP contribution in [0.15, 0.2) is 0 Å². The Labute approximate surface area is 198 Å². The second-order valence-electron chi connectivity index (χ2n) is 4.55. The van der Waals surface area contributed by atoms with Crippen LogP contribution in [0.4, 0.5) is 0 Å². The Balaban J connectivity index is -0.0000000856. The van der Waals surface area contributed by atoms with Crippen LogP contribution in [0, 0.1) is 0 Å². The Morgan fingerprint density at radius 1 is 0.923 bits per heavy atom. The number of rotatable bonds is 10. The molecule has 0 spiro atoms. The first-order chi connectivity index (χ1) is 11.1. The fraction of sp³-hybridized carbons (Fsp3) is 0.769. The molecular weight excluding hydrogens is 444 g/mol. The molecule has 11 N–H and O–H groups in total. The van der Waals surface area contributed by atoms with Gasteiger partial charge in [-0.1, -0.05) is 6.42 Å². The van der Waals surface area contributed by atoms with Crippen molar-refractivity contribution in [2.45, 2.75) is 37.8 Å². The van der Waals surface area contributed by atoms with Crippen LogP contribution in [0.25, 0.3) is 0 Å². The Bertz CT molecular complexity index is 359. The van der Waals surface area contributed by atoms with E-state index in [9.17, 15) is 14.4 Å². The molecule has 3 radical (unpaired) electrons. The number of carbonyl (C=O) groups is 3. The van der Waals surface area contributed by atoms with Crippen molar-refractivity contribution in [3.8, 4) is 0 Å². The van der Waals surface area contributed by atoms with Crippen LogP contribution in [0.3, 0.4) is 0 Å². The Morgan fingerprint density at radius 2 is 1.31 bits per heavy atom. The molecule has 0 amide bonds. The molecular formula is C13H30CaCuN4O6S. The molecule has 0 aliphatic heterocycles. The minimum absolute atomic E-state index is 0. The van der Waals surface area contributed by atoms with E-state index in [4.69, 9.17) is 32.5 Å². The third-order valence-corrected chi connectivity index (χ3v) is 3.06. The monoisotopic (exact) mass is 473 g/mol. The molecule has 0 saturated heterocycles. The summed E-state index contributed by atoms with van der Waals surface area (Å²) in [7, 11) is 0. The summed E-state index contributed by atoms with van der Waals surface area (Å²) < 4.78 is 0. The van der Waals surface area contributed by atoms with Crippen molar-refractivity contribution in [1.29, 1.82) is 0 Å². The molecule has 0 bridgehead atoms. The van der Waals surface area contributed by atoms with Gasteiger partial charge in [-0.25, -0.2) is 0 Å². The first kappa shape index (κ1) is 37.2. The Kier molecular flexibility index (Phi) is 39.5. The van der Waals surface area contributed by atoms with Crippen molar-refractivity contribution in [2.24, 2.45) is 22.9 Å². The van der Waals surface area contributed by atoms with E-state index in [2.05, 4.69) is 5.73 Å². The second-order valence-corrected chi connectivity index (χ2v) is 5.54. The van der Waals surface area contributed by atoms with Gasteiger partial charge >= 0.3 is 17.9 Å². The van der Waals surface area contributed by atoms with Gasteiger partial charge in [0.1, 0.15) is 12.1 Å². The Morgan fingerprint density at radius 3 is 1.58 bits per heavy atom.